The van der Waals surface area contributed by atoms with Crippen molar-refractivity contribution in [2.45, 2.75) is 19.3 Å². The van der Waals surface area contributed by atoms with Crippen LogP contribution in [0.4, 0.5) is 13.2 Å². The molecule has 1 amide bonds. The van der Waals surface area contributed by atoms with Gasteiger partial charge in [0, 0.05) is 13.1 Å². The number of hydrogen-bond acceptors (Lipinski definition) is 4. The van der Waals surface area contributed by atoms with Gasteiger partial charge in [0.1, 0.15) is 5.75 Å². The summed E-state index contributed by atoms with van der Waals surface area (Å²) in [6, 6.07) is 5.35. The largest absolute Gasteiger partial charge is 0.497 e. The lowest BCUT2D eigenvalue weighted by atomic mass is 10.0. The molecule has 0 radical (unpaired) electrons. The van der Waals surface area contributed by atoms with Gasteiger partial charge in [0.05, 0.1) is 19.0 Å². The summed E-state index contributed by atoms with van der Waals surface area (Å²) in [5.74, 6) is -2.89. The number of azo groups is 1. The molecule has 0 bridgehead atoms. The molecule has 0 saturated heterocycles. The summed E-state index contributed by atoms with van der Waals surface area (Å²) in [6.45, 7) is 0.564. The second-order valence-corrected chi connectivity index (χ2v) is 5.07. The van der Waals surface area contributed by atoms with Gasteiger partial charge in [-0.25, -0.2) is 0 Å². The number of benzene rings is 1. The molecule has 3 rings (SSSR count). The van der Waals surface area contributed by atoms with Crippen LogP contribution >= 0.6 is 0 Å². The summed E-state index contributed by atoms with van der Waals surface area (Å²) in [4.78, 5) is 13.0. The smallest absolute Gasteiger partial charge is 0.406 e. The molecule has 2 aliphatic rings. The van der Waals surface area contributed by atoms with Gasteiger partial charge in [0.15, 0.2) is 5.92 Å². The van der Waals surface area contributed by atoms with E-state index in [1.165, 1.54) is 12.0 Å². The molecule has 0 spiro atoms. The van der Waals surface area contributed by atoms with Crippen molar-refractivity contribution in [3.05, 3.63) is 41.2 Å². The number of alkyl halides is 3. The predicted molar refractivity (Wildman–Crippen MR) is 69.7 cm³/mol. The van der Waals surface area contributed by atoms with Crippen molar-refractivity contribution >= 4 is 5.91 Å². The minimum absolute atomic E-state index is 0.164. The number of carbonyl (C=O) groups excluding carboxylic acids is 1. The third-order valence-electron chi connectivity index (χ3n) is 3.72. The zero-order valence-electron chi connectivity index (χ0n) is 11.6. The summed E-state index contributed by atoms with van der Waals surface area (Å²) in [5, 5.41) is 6.41. The van der Waals surface area contributed by atoms with E-state index in [0.717, 1.165) is 17.3 Å². The van der Waals surface area contributed by atoms with E-state index in [2.05, 4.69) is 10.2 Å². The van der Waals surface area contributed by atoms with Crippen LogP contribution in [0, 0.1) is 5.92 Å². The molecule has 0 fully saturated rings. The fraction of sp³-hybridized carbons (Fsp3) is 0.357. The second kappa shape index (κ2) is 5.11. The van der Waals surface area contributed by atoms with Crippen molar-refractivity contribution < 1.29 is 22.7 Å². The van der Waals surface area contributed by atoms with E-state index in [0.29, 0.717) is 12.3 Å². The van der Waals surface area contributed by atoms with E-state index < -0.39 is 18.0 Å². The van der Waals surface area contributed by atoms with Crippen molar-refractivity contribution in [2.75, 3.05) is 7.11 Å². The quantitative estimate of drug-likeness (QED) is 0.843. The SMILES string of the molecule is COc1ccc2c(c1)CN(C1=CN=NC(=O)C1C(F)(F)F)C2. The zero-order valence-corrected chi connectivity index (χ0v) is 11.6. The van der Waals surface area contributed by atoms with Crippen LogP contribution in [0.5, 0.6) is 5.75 Å². The van der Waals surface area contributed by atoms with Gasteiger partial charge in [-0.15, -0.1) is 5.11 Å². The zero-order chi connectivity index (χ0) is 15.9. The van der Waals surface area contributed by atoms with Crippen molar-refractivity contribution in [2.24, 2.45) is 16.1 Å². The molecule has 0 aromatic heterocycles. The van der Waals surface area contributed by atoms with Crippen molar-refractivity contribution in [1.29, 1.82) is 0 Å². The van der Waals surface area contributed by atoms with E-state index in [4.69, 9.17) is 4.74 Å². The Morgan fingerprint density at radius 1 is 1.27 bits per heavy atom. The highest BCUT2D eigenvalue weighted by molar-refractivity contribution is 5.83. The number of halogens is 3. The molecule has 1 aromatic carbocycles. The van der Waals surface area contributed by atoms with Crippen LogP contribution in [0.25, 0.3) is 0 Å². The molecule has 5 nitrogen and oxygen atoms in total. The standard InChI is InChI=1S/C14H12F3N3O2/c1-22-10-3-2-8-6-20(7-9(8)4-10)11-5-18-19-13(21)12(11)14(15,16)17/h2-5,12H,6-7H2,1H3. The van der Waals surface area contributed by atoms with Crippen molar-refractivity contribution in [3.8, 4) is 5.75 Å². The Kier molecular flexibility index (Phi) is 3.38. The molecule has 0 aliphatic carbocycles. The van der Waals surface area contributed by atoms with Crippen LogP contribution in [0.2, 0.25) is 0 Å². The summed E-state index contributed by atoms with van der Waals surface area (Å²) in [7, 11) is 1.52. The Hall–Kier alpha value is -2.38. The number of methoxy groups -OCH3 is 1. The first-order valence-corrected chi connectivity index (χ1v) is 6.52. The van der Waals surface area contributed by atoms with E-state index in [1.54, 1.807) is 12.1 Å². The number of amides is 1. The lowest BCUT2D eigenvalue weighted by Crippen LogP contribution is -2.38. The van der Waals surface area contributed by atoms with E-state index >= 15 is 0 Å². The minimum atomic E-state index is -4.69. The van der Waals surface area contributed by atoms with Gasteiger partial charge >= 0.3 is 6.18 Å². The first-order chi connectivity index (χ1) is 10.4. The predicted octanol–water partition coefficient (Wildman–Crippen LogP) is 3.02. The number of rotatable bonds is 2. The number of hydrogen-bond donors (Lipinski definition) is 0. The maximum absolute atomic E-state index is 13.1. The van der Waals surface area contributed by atoms with Gasteiger partial charge < -0.3 is 9.64 Å². The lowest BCUT2D eigenvalue weighted by molar-refractivity contribution is -0.177. The Morgan fingerprint density at radius 3 is 2.68 bits per heavy atom. The first kappa shape index (κ1) is 14.6. The Balaban J connectivity index is 1.90. The van der Waals surface area contributed by atoms with Gasteiger partial charge in [-0.05, 0) is 23.3 Å². The Morgan fingerprint density at radius 2 is 2.00 bits per heavy atom. The van der Waals surface area contributed by atoms with Gasteiger partial charge in [-0.3, -0.25) is 4.79 Å². The van der Waals surface area contributed by atoms with Crippen LogP contribution in [-0.4, -0.2) is 24.1 Å². The maximum atomic E-state index is 13.1. The van der Waals surface area contributed by atoms with Crippen molar-refractivity contribution in [1.82, 2.24) is 4.90 Å². The maximum Gasteiger partial charge on any atom is 0.406 e. The number of ether oxygens (including phenoxy) is 1. The highest BCUT2D eigenvalue weighted by Gasteiger charge is 2.50. The monoisotopic (exact) mass is 311 g/mol. The molecule has 8 heteroatoms. The third kappa shape index (κ3) is 2.44. The fourth-order valence-electron chi connectivity index (χ4n) is 2.66. The molecule has 1 atom stereocenters. The third-order valence-corrected chi connectivity index (χ3v) is 3.72. The van der Waals surface area contributed by atoms with Crippen LogP contribution in [0.3, 0.4) is 0 Å². The molecule has 116 valence electrons. The van der Waals surface area contributed by atoms with Crippen LogP contribution in [-0.2, 0) is 17.9 Å². The molecular formula is C14H12F3N3O2. The molecule has 2 heterocycles. The van der Waals surface area contributed by atoms with Crippen LogP contribution < -0.4 is 4.74 Å². The molecule has 1 aromatic rings. The molecular weight excluding hydrogens is 299 g/mol. The molecule has 22 heavy (non-hydrogen) atoms. The van der Waals surface area contributed by atoms with E-state index in [-0.39, 0.29) is 12.2 Å². The fourth-order valence-corrected chi connectivity index (χ4v) is 2.66. The summed E-state index contributed by atoms with van der Waals surface area (Å²) in [5.41, 5.74) is 1.61. The number of carbonyl (C=O) groups is 1. The van der Waals surface area contributed by atoms with E-state index in [9.17, 15) is 18.0 Å². The number of nitrogens with zero attached hydrogens (tertiary/aromatic N) is 3. The highest BCUT2D eigenvalue weighted by Crippen LogP contribution is 2.40. The summed E-state index contributed by atoms with van der Waals surface area (Å²) in [6.07, 6.45) is -3.67. The Bertz CT molecular complexity index is 682. The summed E-state index contributed by atoms with van der Waals surface area (Å²) < 4.78 is 44.5. The van der Waals surface area contributed by atoms with Crippen molar-refractivity contribution in [3.63, 3.8) is 0 Å². The average molecular weight is 311 g/mol. The van der Waals surface area contributed by atoms with Gasteiger partial charge in [-0.1, -0.05) is 6.07 Å². The number of fused-ring (bicyclic) bond motifs is 1. The van der Waals surface area contributed by atoms with E-state index in [1.807, 2.05) is 6.07 Å². The van der Waals surface area contributed by atoms with Crippen LogP contribution in [0.1, 0.15) is 11.1 Å². The highest BCUT2D eigenvalue weighted by atomic mass is 19.4. The molecule has 1 unspecified atom stereocenters. The van der Waals surface area contributed by atoms with Gasteiger partial charge in [0.25, 0.3) is 5.91 Å². The molecule has 0 saturated carbocycles. The minimum Gasteiger partial charge on any atom is -0.497 e. The topological polar surface area (TPSA) is 54.3 Å². The first-order valence-electron chi connectivity index (χ1n) is 6.52. The lowest BCUT2D eigenvalue weighted by Gasteiger charge is -2.28. The summed E-state index contributed by atoms with van der Waals surface area (Å²) >= 11 is 0. The molecule has 0 N–H and O–H groups in total. The van der Waals surface area contributed by atoms with Gasteiger partial charge in [-0.2, -0.15) is 18.3 Å². The van der Waals surface area contributed by atoms with Crippen LogP contribution in [0.15, 0.2) is 40.3 Å². The van der Waals surface area contributed by atoms with Gasteiger partial charge in [0.2, 0.25) is 0 Å². The normalized spacial score (nSPS) is 20.9. The molecule has 2 aliphatic heterocycles. The average Bonchev–Trinajstić information content (AvgIpc) is 2.88. The Labute approximate surface area is 124 Å². The second-order valence-electron chi connectivity index (χ2n) is 5.07.